The highest BCUT2D eigenvalue weighted by Gasteiger charge is 2.09. The Morgan fingerprint density at radius 2 is 1.51 bits per heavy atom. The molecule has 0 aliphatic carbocycles. The predicted molar refractivity (Wildman–Crippen MR) is 181 cm³/mol. The molecule has 2 heterocycles. The van der Waals surface area contributed by atoms with Gasteiger partial charge in [-0.25, -0.2) is 18.4 Å². The van der Waals surface area contributed by atoms with E-state index in [0.29, 0.717) is 30.4 Å². The molecule has 10 nitrogen and oxygen atoms in total. The standard InChI is InChI=1S/C29H30N4O2.C7H7NO3S/c30-27-16-15-24(21-32-27)29(34)31-17-9-1-2-10-18-35-28-20-25(22-11-5-3-6-12-22)19-26(33-28)23-13-7-4-8-14-23;8-5-6-3-1-2-4-7(6)12(9,10)11/h3-8,11-16,19-21H,1-2,9-10,17-18H2,(H2,30,32)(H,31,34);1-5,8H,(H,9,10,11). The minimum absolute atomic E-state index is 0.0943. The molecule has 2 aromatic heterocycles. The maximum atomic E-state index is 12.1. The molecule has 0 atom stereocenters. The number of nitrogens with zero attached hydrogens (tertiary/aromatic N) is 1. The predicted octanol–water partition coefficient (Wildman–Crippen LogP) is 5.77. The van der Waals surface area contributed by atoms with Crippen LogP contribution >= 0.6 is 0 Å². The highest BCUT2D eigenvalue weighted by Crippen LogP contribution is 2.28. The van der Waals surface area contributed by atoms with Crippen molar-refractivity contribution in [1.29, 1.82) is 5.41 Å². The van der Waals surface area contributed by atoms with Crippen molar-refractivity contribution >= 4 is 28.1 Å². The third kappa shape index (κ3) is 10.9. The Balaban J connectivity index is 0.000000351. The van der Waals surface area contributed by atoms with Crippen LogP contribution in [0.4, 0.5) is 5.82 Å². The van der Waals surface area contributed by atoms with Crippen LogP contribution in [-0.2, 0) is 10.1 Å². The van der Waals surface area contributed by atoms with Gasteiger partial charge in [-0.15, -0.1) is 0 Å². The lowest BCUT2D eigenvalue weighted by Crippen LogP contribution is -2.26. The van der Waals surface area contributed by atoms with Crippen molar-refractivity contribution in [2.45, 2.75) is 30.6 Å². The van der Waals surface area contributed by atoms with Gasteiger partial charge in [-0.2, -0.15) is 0 Å². The molecule has 242 valence electrons. The first-order chi connectivity index (χ1) is 22.7. The number of aromatic amines is 1. The normalized spacial score (nSPS) is 10.7. The lowest BCUT2D eigenvalue weighted by molar-refractivity contribution is -0.360. The van der Waals surface area contributed by atoms with E-state index in [1.807, 2.05) is 42.5 Å². The first kappa shape index (κ1) is 34.5. The maximum Gasteiger partial charge on any atom is 0.270 e. The van der Waals surface area contributed by atoms with Crippen LogP contribution in [0, 0.1) is 5.41 Å². The zero-order valence-corrected chi connectivity index (χ0v) is 26.6. The van der Waals surface area contributed by atoms with Crippen LogP contribution in [-0.4, -0.2) is 43.2 Å². The first-order valence-corrected chi connectivity index (χ1v) is 16.5. The number of nitrogens with one attached hydrogen (secondary N) is 3. The Labute approximate surface area is 275 Å². The molecule has 0 unspecified atom stereocenters. The minimum Gasteiger partial charge on any atom is -0.744 e. The van der Waals surface area contributed by atoms with Crippen molar-refractivity contribution in [2.24, 2.45) is 0 Å². The zero-order chi connectivity index (χ0) is 33.5. The summed E-state index contributed by atoms with van der Waals surface area (Å²) >= 11 is 0. The number of aromatic nitrogens is 2. The zero-order valence-electron chi connectivity index (χ0n) is 25.8. The van der Waals surface area contributed by atoms with Gasteiger partial charge >= 0.3 is 0 Å². The quantitative estimate of drug-likeness (QED) is 0.0823. The van der Waals surface area contributed by atoms with Gasteiger partial charge in [0.15, 0.2) is 0 Å². The van der Waals surface area contributed by atoms with E-state index in [9.17, 15) is 17.8 Å². The summed E-state index contributed by atoms with van der Waals surface area (Å²) in [5.74, 6) is 1.07. The number of pyridine rings is 2. The lowest BCUT2D eigenvalue weighted by Gasteiger charge is -2.11. The fraction of sp³-hybridized carbons (Fsp3) is 0.167. The summed E-state index contributed by atoms with van der Waals surface area (Å²) in [6.45, 7) is 1.25. The number of carbonyl (C=O) groups is 1. The van der Waals surface area contributed by atoms with E-state index < -0.39 is 10.1 Å². The van der Waals surface area contributed by atoms with Gasteiger partial charge in [0.2, 0.25) is 5.88 Å². The molecule has 0 aliphatic rings. The molecule has 0 aliphatic heterocycles. The van der Waals surface area contributed by atoms with Gasteiger partial charge in [0.25, 0.3) is 11.7 Å². The summed E-state index contributed by atoms with van der Waals surface area (Å²) in [5, 5.41) is 9.77. The third-order valence-electron chi connectivity index (χ3n) is 7.03. The molecule has 0 spiro atoms. The second-order valence-corrected chi connectivity index (χ2v) is 11.8. The van der Waals surface area contributed by atoms with Crippen LogP contribution in [0.2, 0.25) is 0 Å². The average molecular weight is 652 g/mol. The number of hydrogen-bond acceptors (Lipinski definition) is 8. The summed E-state index contributed by atoms with van der Waals surface area (Å²) in [5.41, 5.74) is 10.5. The van der Waals surface area contributed by atoms with E-state index in [4.69, 9.17) is 20.9 Å². The van der Waals surface area contributed by atoms with Crippen molar-refractivity contribution in [3.8, 4) is 28.3 Å². The number of H-pyrrole nitrogens is 1. The molecule has 47 heavy (non-hydrogen) atoms. The van der Waals surface area contributed by atoms with Gasteiger partial charge in [0.1, 0.15) is 16.3 Å². The number of unbranched alkanes of at least 4 members (excludes halogenated alkanes) is 3. The van der Waals surface area contributed by atoms with Crippen molar-refractivity contribution in [3.63, 3.8) is 0 Å². The fourth-order valence-electron chi connectivity index (χ4n) is 4.60. The fourth-order valence-corrected chi connectivity index (χ4v) is 5.26. The molecule has 0 saturated carbocycles. The van der Waals surface area contributed by atoms with E-state index in [-0.39, 0.29) is 16.4 Å². The smallest absolute Gasteiger partial charge is 0.270 e. The van der Waals surface area contributed by atoms with Crippen LogP contribution in [0.1, 0.15) is 41.6 Å². The monoisotopic (exact) mass is 651 g/mol. The molecular weight excluding hydrogens is 614 g/mol. The topological polar surface area (TPSA) is 172 Å². The molecule has 1 amide bonds. The largest absolute Gasteiger partial charge is 0.744 e. The highest BCUT2D eigenvalue weighted by atomic mass is 32.2. The summed E-state index contributed by atoms with van der Waals surface area (Å²) in [4.78, 5) is 19.4. The number of rotatable bonds is 13. The maximum absolute atomic E-state index is 12.1. The summed E-state index contributed by atoms with van der Waals surface area (Å²) < 4.78 is 37.7. The molecule has 0 saturated heterocycles. The molecule has 0 bridgehead atoms. The van der Waals surface area contributed by atoms with Crippen LogP contribution in [0.25, 0.3) is 22.4 Å². The van der Waals surface area contributed by atoms with Gasteiger partial charge in [-0.1, -0.05) is 91.7 Å². The van der Waals surface area contributed by atoms with Gasteiger partial charge in [0.05, 0.1) is 22.8 Å². The van der Waals surface area contributed by atoms with Crippen LogP contribution in [0.5, 0.6) is 5.88 Å². The molecule has 11 heteroatoms. The van der Waals surface area contributed by atoms with Gasteiger partial charge in [0, 0.05) is 36.0 Å². The van der Waals surface area contributed by atoms with Gasteiger partial charge in [-0.05, 0) is 42.2 Å². The Morgan fingerprint density at radius 3 is 2.15 bits per heavy atom. The number of nitrogen functional groups attached to an aromatic ring is 1. The van der Waals surface area contributed by atoms with E-state index in [0.717, 1.165) is 54.3 Å². The van der Waals surface area contributed by atoms with E-state index in [1.54, 1.807) is 24.4 Å². The van der Waals surface area contributed by atoms with Crippen molar-refractivity contribution in [3.05, 3.63) is 127 Å². The molecule has 0 fully saturated rings. The van der Waals surface area contributed by atoms with Crippen molar-refractivity contribution < 1.29 is 27.5 Å². The average Bonchev–Trinajstić information content (AvgIpc) is 3.10. The summed E-state index contributed by atoms with van der Waals surface area (Å²) in [6.07, 6.45) is 6.35. The van der Waals surface area contributed by atoms with Crippen molar-refractivity contribution in [1.82, 2.24) is 10.3 Å². The van der Waals surface area contributed by atoms with Gasteiger partial charge < -0.3 is 20.0 Å². The second-order valence-electron chi connectivity index (χ2n) is 10.5. The first-order valence-electron chi connectivity index (χ1n) is 15.1. The van der Waals surface area contributed by atoms with E-state index in [1.165, 1.54) is 18.2 Å². The SMILES string of the molecule is N=Cc1ccccc1S(=O)(=O)[O-].Nc1ccc(C(=O)NCCCCCCOc2cc(-c3ccccc3)cc(-c3ccccc3)n2)c[nH+]1. The number of benzene rings is 3. The Hall–Kier alpha value is -5.39. The number of amides is 1. The highest BCUT2D eigenvalue weighted by molar-refractivity contribution is 7.85. The number of nitrogens with two attached hydrogens (primary N) is 1. The molecule has 5 N–H and O–H groups in total. The number of anilines is 1. The van der Waals surface area contributed by atoms with Crippen LogP contribution < -0.4 is 20.8 Å². The van der Waals surface area contributed by atoms with Crippen LogP contribution in [0.15, 0.2) is 120 Å². The van der Waals surface area contributed by atoms with Gasteiger partial charge in [-0.3, -0.25) is 10.5 Å². The third-order valence-corrected chi connectivity index (χ3v) is 7.94. The summed E-state index contributed by atoms with van der Waals surface area (Å²) in [7, 11) is -4.45. The Morgan fingerprint density at radius 1 is 0.851 bits per heavy atom. The molecule has 3 aromatic carbocycles. The Bertz CT molecular complexity index is 1800. The molecule has 0 radical (unpaired) electrons. The Kier molecular flexibility index (Phi) is 12.7. The number of hydrogen-bond donors (Lipinski definition) is 3. The lowest BCUT2D eigenvalue weighted by atomic mass is 10.0. The second kappa shape index (κ2) is 17.3. The number of carbonyl (C=O) groups excluding carboxylic acids is 1. The van der Waals surface area contributed by atoms with E-state index >= 15 is 0 Å². The molecular formula is C36H37N5O5S. The van der Waals surface area contributed by atoms with E-state index in [2.05, 4.69) is 40.6 Å². The summed E-state index contributed by atoms with van der Waals surface area (Å²) in [6, 6.07) is 33.5. The molecule has 5 rings (SSSR count). The van der Waals surface area contributed by atoms with Crippen LogP contribution in [0.3, 0.4) is 0 Å². The van der Waals surface area contributed by atoms with Crippen molar-refractivity contribution in [2.75, 3.05) is 18.9 Å². The molecule has 5 aromatic rings. The number of ether oxygens (including phenoxy) is 1. The minimum atomic E-state index is -4.45.